The van der Waals surface area contributed by atoms with Gasteiger partial charge in [-0.1, -0.05) is 0 Å². The van der Waals surface area contributed by atoms with Gasteiger partial charge in [-0.05, 0) is 33.6 Å². The summed E-state index contributed by atoms with van der Waals surface area (Å²) in [5.74, 6) is -4.45. The van der Waals surface area contributed by atoms with Gasteiger partial charge in [-0.25, -0.2) is 13.6 Å². The molecule has 0 aromatic rings. The largest absolute Gasteiger partial charge is 0.469 e. The molecule has 0 saturated carbocycles. The van der Waals surface area contributed by atoms with Crippen molar-refractivity contribution in [1.82, 2.24) is 4.90 Å². The lowest BCUT2D eigenvalue weighted by molar-refractivity contribution is -0.143. The van der Waals surface area contributed by atoms with Crippen LogP contribution in [-0.2, 0) is 14.3 Å². The van der Waals surface area contributed by atoms with Gasteiger partial charge in [-0.3, -0.25) is 4.79 Å². The first-order valence-corrected chi connectivity index (χ1v) is 6.98. The van der Waals surface area contributed by atoms with Crippen LogP contribution in [0.2, 0.25) is 0 Å². The smallest absolute Gasteiger partial charge is 0.410 e. The summed E-state index contributed by atoms with van der Waals surface area (Å²) in [5, 5.41) is 0. The first-order valence-electron chi connectivity index (χ1n) is 6.98. The molecule has 0 aromatic heterocycles. The molecule has 1 amide bonds. The van der Waals surface area contributed by atoms with Crippen LogP contribution in [0.3, 0.4) is 0 Å². The van der Waals surface area contributed by atoms with Crippen molar-refractivity contribution >= 4 is 12.1 Å². The van der Waals surface area contributed by atoms with E-state index in [-0.39, 0.29) is 25.8 Å². The molecular weight excluding hydrogens is 284 g/mol. The molecule has 0 aromatic carbocycles. The van der Waals surface area contributed by atoms with Crippen molar-refractivity contribution in [3.05, 3.63) is 0 Å². The lowest BCUT2D eigenvalue weighted by Crippen LogP contribution is -2.51. The van der Waals surface area contributed by atoms with Crippen LogP contribution in [0, 0.1) is 5.92 Å². The zero-order valence-electron chi connectivity index (χ0n) is 12.9. The van der Waals surface area contributed by atoms with E-state index in [2.05, 4.69) is 4.74 Å². The molecule has 1 rings (SSSR count). The molecule has 1 aliphatic heterocycles. The van der Waals surface area contributed by atoms with Gasteiger partial charge in [0, 0.05) is 18.9 Å². The zero-order chi connectivity index (χ0) is 16.3. The topological polar surface area (TPSA) is 55.8 Å². The maximum atomic E-state index is 14.1. The van der Waals surface area contributed by atoms with E-state index in [4.69, 9.17) is 4.74 Å². The Morgan fingerprint density at radius 2 is 1.95 bits per heavy atom. The molecule has 0 spiro atoms. The lowest BCUT2D eigenvalue weighted by atomic mass is 9.89. The number of likely N-dealkylation sites (tertiary alicyclic amines) is 1. The molecule has 1 heterocycles. The number of nitrogens with zero attached hydrogens (tertiary/aromatic N) is 1. The van der Waals surface area contributed by atoms with Crippen LogP contribution in [0.4, 0.5) is 13.6 Å². The van der Waals surface area contributed by atoms with Crippen molar-refractivity contribution in [3.8, 4) is 0 Å². The molecule has 0 aliphatic carbocycles. The van der Waals surface area contributed by atoms with Crippen molar-refractivity contribution in [1.29, 1.82) is 0 Å². The molecule has 1 saturated heterocycles. The SMILES string of the molecule is COC(=O)CCC1CCN(C(=O)OC(C)(C)C)CC1(F)F. The van der Waals surface area contributed by atoms with E-state index < -0.39 is 36.0 Å². The molecule has 0 bridgehead atoms. The van der Waals surface area contributed by atoms with E-state index in [1.54, 1.807) is 20.8 Å². The van der Waals surface area contributed by atoms with Gasteiger partial charge in [0.05, 0.1) is 13.7 Å². The Morgan fingerprint density at radius 1 is 1.33 bits per heavy atom. The van der Waals surface area contributed by atoms with Gasteiger partial charge in [-0.15, -0.1) is 0 Å². The average molecular weight is 307 g/mol. The second kappa shape index (κ2) is 6.58. The van der Waals surface area contributed by atoms with E-state index in [0.717, 1.165) is 4.90 Å². The van der Waals surface area contributed by atoms with Gasteiger partial charge in [0.2, 0.25) is 0 Å². The molecule has 7 heteroatoms. The fraction of sp³-hybridized carbons (Fsp3) is 0.857. The fourth-order valence-corrected chi connectivity index (χ4v) is 2.22. The summed E-state index contributed by atoms with van der Waals surface area (Å²) >= 11 is 0. The van der Waals surface area contributed by atoms with Gasteiger partial charge in [-0.2, -0.15) is 0 Å². The number of amides is 1. The standard InChI is InChI=1S/C14H23F2NO4/c1-13(2,3)21-12(19)17-8-7-10(14(15,16)9-17)5-6-11(18)20-4/h10H,5-9H2,1-4H3. The minimum atomic E-state index is -3.02. The van der Waals surface area contributed by atoms with E-state index in [0.29, 0.717) is 0 Å². The molecule has 1 aliphatic rings. The predicted octanol–water partition coefficient (Wildman–Crippen LogP) is 2.83. The Balaban J connectivity index is 2.57. The van der Waals surface area contributed by atoms with Crippen LogP contribution in [-0.4, -0.2) is 48.7 Å². The Bertz CT molecular complexity index is 393. The quantitative estimate of drug-likeness (QED) is 0.752. The third-order valence-electron chi connectivity index (χ3n) is 3.32. The summed E-state index contributed by atoms with van der Waals surface area (Å²) in [6, 6.07) is 0. The molecule has 21 heavy (non-hydrogen) atoms. The maximum absolute atomic E-state index is 14.1. The van der Waals surface area contributed by atoms with Gasteiger partial charge in [0.25, 0.3) is 5.92 Å². The van der Waals surface area contributed by atoms with Gasteiger partial charge >= 0.3 is 12.1 Å². The van der Waals surface area contributed by atoms with Crippen LogP contribution >= 0.6 is 0 Å². The summed E-state index contributed by atoms with van der Waals surface area (Å²) in [6.07, 6.45) is -0.567. The van der Waals surface area contributed by atoms with Crippen LogP contribution < -0.4 is 0 Å². The van der Waals surface area contributed by atoms with Crippen LogP contribution in [0.15, 0.2) is 0 Å². The average Bonchev–Trinajstić information content (AvgIpc) is 2.33. The maximum Gasteiger partial charge on any atom is 0.410 e. The third-order valence-corrected chi connectivity index (χ3v) is 3.32. The van der Waals surface area contributed by atoms with Crippen LogP contribution in [0.25, 0.3) is 0 Å². The Labute approximate surface area is 123 Å². The van der Waals surface area contributed by atoms with E-state index in [9.17, 15) is 18.4 Å². The van der Waals surface area contributed by atoms with Crippen molar-refractivity contribution in [2.45, 2.75) is 51.6 Å². The minimum Gasteiger partial charge on any atom is -0.469 e. The van der Waals surface area contributed by atoms with Crippen molar-refractivity contribution in [3.63, 3.8) is 0 Å². The summed E-state index contributed by atoms with van der Waals surface area (Å²) in [7, 11) is 1.23. The summed E-state index contributed by atoms with van der Waals surface area (Å²) < 4.78 is 37.7. The Morgan fingerprint density at radius 3 is 2.43 bits per heavy atom. The second-order valence-electron chi connectivity index (χ2n) is 6.26. The monoisotopic (exact) mass is 307 g/mol. The highest BCUT2D eigenvalue weighted by atomic mass is 19.3. The molecule has 0 radical (unpaired) electrons. The number of carbonyl (C=O) groups is 2. The summed E-state index contributed by atoms with van der Waals surface area (Å²) in [6.45, 7) is 4.59. The zero-order valence-corrected chi connectivity index (χ0v) is 12.9. The van der Waals surface area contributed by atoms with Gasteiger partial charge in [0.1, 0.15) is 5.60 Å². The molecule has 1 fully saturated rings. The number of halogens is 2. The van der Waals surface area contributed by atoms with Crippen molar-refractivity contribution < 1.29 is 27.8 Å². The highest BCUT2D eigenvalue weighted by molar-refractivity contribution is 5.69. The number of piperidine rings is 1. The second-order valence-corrected chi connectivity index (χ2v) is 6.26. The first kappa shape index (κ1) is 17.7. The van der Waals surface area contributed by atoms with Crippen molar-refractivity contribution in [2.75, 3.05) is 20.2 Å². The lowest BCUT2D eigenvalue weighted by Gasteiger charge is -2.38. The number of hydrogen-bond donors (Lipinski definition) is 0. The van der Waals surface area contributed by atoms with Crippen LogP contribution in [0.5, 0.6) is 0 Å². The number of esters is 1. The number of hydrogen-bond acceptors (Lipinski definition) is 4. The number of rotatable bonds is 3. The highest BCUT2D eigenvalue weighted by Gasteiger charge is 2.46. The van der Waals surface area contributed by atoms with Crippen LogP contribution in [0.1, 0.15) is 40.0 Å². The summed E-state index contributed by atoms with van der Waals surface area (Å²) in [5.41, 5.74) is -0.714. The summed E-state index contributed by atoms with van der Waals surface area (Å²) in [4.78, 5) is 23.9. The Hall–Kier alpha value is -1.40. The minimum absolute atomic E-state index is 0.0385. The van der Waals surface area contributed by atoms with Crippen molar-refractivity contribution in [2.24, 2.45) is 5.92 Å². The van der Waals surface area contributed by atoms with Gasteiger partial charge in [0.15, 0.2) is 0 Å². The van der Waals surface area contributed by atoms with Gasteiger partial charge < -0.3 is 14.4 Å². The number of ether oxygens (including phenoxy) is 2. The highest BCUT2D eigenvalue weighted by Crippen LogP contribution is 2.36. The molecule has 0 N–H and O–H groups in total. The number of carbonyl (C=O) groups excluding carboxylic acids is 2. The molecule has 1 atom stereocenters. The molecule has 1 unspecified atom stereocenters. The molecular formula is C14H23F2NO4. The molecule has 5 nitrogen and oxygen atoms in total. The van der Waals surface area contributed by atoms with E-state index in [1.165, 1.54) is 7.11 Å². The predicted molar refractivity (Wildman–Crippen MR) is 72.1 cm³/mol. The Kier molecular flexibility index (Phi) is 5.53. The van der Waals surface area contributed by atoms with E-state index in [1.807, 2.05) is 0 Å². The number of methoxy groups -OCH3 is 1. The normalized spacial score (nSPS) is 21.8. The fourth-order valence-electron chi connectivity index (χ4n) is 2.22. The first-order chi connectivity index (χ1) is 9.55. The molecule has 122 valence electrons. The van der Waals surface area contributed by atoms with E-state index >= 15 is 0 Å². The third kappa shape index (κ3) is 5.47. The number of alkyl halides is 2.